The molecular weight excluding hydrogens is 412 g/mol. The molecule has 2 aromatic heterocycles. The SMILES string of the molecule is Cc1cc(N2C(=O)c3ccc4c5c(ccc(c35)C2=O)C(=O)N(c2cc(C)[nH]n2)C4=O)n[nH]1. The lowest BCUT2D eigenvalue weighted by atomic mass is 9.86. The standard InChI is InChI=1S/C22H14N6O4/c1-9-7-15(25-23-9)27-19(29)11-3-5-13-18-14(6-4-12(17(11)18)20(27)30)22(32)28(21(13)31)16-8-10(2)24-26-16/h3-8H,1-2H3,(H,23,25)(H,24,26). The van der Waals surface area contributed by atoms with Crippen molar-refractivity contribution in [1.82, 2.24) is 20.4 Å². The molecule has 4 amide bonds. The molecule has 0 aliphatic carbocycles. The maximum absolute atomic E-state index is 13.3. The molecule has 0 atom stereocenters. The first-order valence-corrected chi connectivity index (χ1v) is 9.78. The zero-order chi connectivity index (χ0) is 22.3. The first-order valence-electron chi connectivity index (χ1n) is 9.78. The molecule has 0 fully saturated rings. The number of rotatable bonds is 2. The summed E-state index contributed by atoms with van der Waals surface area (Å²) < 4.78 is 0. The van der Waals surface area contributed by atoms with Gasteiger partial charge in [0.25, 0.3) is 23.6 Å². The smallest absolute Gasteiger partial charge is 0.267 e. The summed E-state index contributed by atoms with van der Waals surface area (Å²) in [4.78, 5) is 55.0. The second-order valence-corrected chi connectivity index (χ2v) is 7.78. The number of H-pyrrole nitrogens is 2. The van der Waals surface area contributed by atoms with E-state index in [1.807, 2.05) is 0 Å². The maximum Gasteiger partial charge on any atom is 0.267 e. The summed E-state index contributed by atoms with van der Waals surface area (Å²) in [5.41, 5.74) is 2.30. The molecule has 2 aromatic carbocycles. The number of anilines is 2. The molecule has 156 valence electrons. The van der Waals surface area contributed by atoms with Crippen molar-refractivity contribution in [3.05, 3.63) is 70.0 Å². The molecule has 0 spiro atoms. The highest BCUT2D eigenvalue weighted by Gasteiger charge is 2.41. The zero-order valence-electron chi connectivity index (χ0n) is 16.9. The van der Waals surface area contributed by atoms with Crippen LogP contribution in [0.15, 0.2) is 36.4 Å². The number of aryl methyl sites for hydroxylation is 2. The molecule has 2 aliphatic rings. The molecule has 0 radical (unpaired) electrons. The lowest BCUT2D eigenvalue weighted by Crippen LogP contribution is -2.43. The number of nitrogens with zero attached hydrogens (tertiary/aromatic N) is 4. The second-order valence-electron chi connectivity index (χ2n) is 7.78. The summed E-state index contributed by atoms with van der Waals surface area (Å²) in [6, 6.07) is 9.23. The Morgan fingerprint density at radius 3 is 1.16 bits per heavy atom. The first kappa shape index (κ1) is 18.2. The van der Waals surface area contributed by atoms with Crippen LogP contribution in [0.3, 0.4) is 0 Å². The summed E-state index contributed by atoms with van der Waals surface area (Å²) in [6.07, 6.45) is 0. The third-order valence-corrected chi connectivity index (χ3v) is 5.74. The van der Waals surface area contributed by atoms with Crippen molar-refractivity contribution in [2.24, 2.45) is 0 Å². The van der Waals surface area contributed by atoms with E-state index in [1.165, 1.54) is 24.3 Å². The van der Waals surface area contributed by atoms with E-state index in [-0.39, 0.29) is 33.9 Å². The quantitative estimate of drug-likeness (QED) is 0.473. The van der Waals surface area contributed by atoms with Crippen LogP contribution in [0, 0.1) is 13.8 Å². The Morgan fingerprint density at radius 2 is 0.906 bits per heavy atom. The van der Waals surface area contributed by atoms with E-state index < -0.39 is 23.6 Å². The van der Waals surface area contributed by atoms with Gasteiger partial charge in [0.15, 0.2) is 11.6 Å². The highest BCUT2D eigenvalue weighted by Crippen LogP contribution is 2.39. The van der Waals surface area contributed by atoms with Crippen LogP contribution in [0.2, 0.25) is 0 Å². The number of imide groups is 2. The minimum Gasteiger partial charge on any atom is -0.281 e. The molecular formula is C22H14N6O4. The normalized spacial score (nSPS) is 15.3. The van der Waals surface area contributed by atoms with Crippen LogP contribution in [-0.4, -0.2) is 44.0 Å². The highest BCUT2D eigenvalue weighted by atomic mass is 16.2. The predicted molar refractivity (Wildman–Crippen MR) is 113 cm³/mol. The number of nitrogens with one attached hydrogen (secondary N) is 2. The fourth-order valence-corrected chi connectivity index (χ4v) is 4.33. The third-order valence-electron chi connectivity index (χ3n) is 5.74. The van der Waals surface area contributed by atoms with Gasteiger partial charge < -0.3 is 0 Å². The van der Waals surface area contributed by atoms with Gasteiger partial charge in [-0.25, -0.2) is 9.80 Å². The van der Waals surface area contributed by atoms with Gasteiger partial charge in [0, 0.05) is 56.5 Å². The molecule has 0 bridgehead atoms. The Kier molecular flexibility index (Phi) is 3.40. The van der Waals surface area contributed by atoms with E-state index in [0.717, 1.165) is 9.80 Å². The fourth-order valence-electron chi connectivity index (χ4n) is 4.33. The van der Waals surface area contributed by atoms with Crippen molar-refractivity contribution >= 4 is 46.0 Å². The lowest BCUT2D eigenvalue weighted by molar-refractivity contribution is 0.0871. The molecule has 0 unspecified atom stereocenters. The van der Waals surface area contributed by atoms with Gasteiger partial charge >= 0.3 is 0 Å². The van der Waals surface area contributed by atoms with Crippen LogP contribution in [0.25, 0.3) is 10.8 Å². The summed E-state index contributed by atoms with van der Waals surface area (Å²) in [7, 11) is 0. The fraction of sp³-hybridized carbons (Fsp3) is 0.0909. The van der Waals surface area contributed by atoms with E-state index in [9.17, 15) is 19.2 Å². The Morgan fingerprint density at radius 1 is 0.594 bits per heavy atom. The van der Waals surface area contributed by atoms with Crippen LogP contribution >= 0.6 is 0 Å². The van der Waals surface area contributed by atoms with E-state index in [4.69, 9.17) is 0 Å². The lowest BCUT2D eigenvalue weighted by Gasteiger charge is -2.30. The van der Waals surface area contributed by atoms with Gasteiger partial charge in [-0.2, -0.15) is 10.2 Å². The van der Waals surface area contributed by atoms with Crippen molar-refractivity contribution < 1.29 is 19.2 Å². The summed E-state index contributed by atoms with van der Waals surface area (Å²) in [6.45, 7) is 3.52. The van der Waals surface area contributed by atoms with Crippen LogP contribution in [0.1, 0.15) is 52.8 Å². The van der Waals surface area contributed by atoms with Crippen molar-refractivity contribution in [2.75, 3.05) is 9.80 Å². The predicted octanol–water partition coefficient (Wildman–Crippen LogP) is 2.50. The van der Waals surface area contributed by atoms with Gasteiger partial charge in [0.2, 0.25) is 0 Å². The third kappa shape index (κ3) is 2.17. The van der Waals surface area contributed by atoms with Gasteiger partial charge in [0.05, 0.1) is 0 Å². The average molecular weight is 426 g/mol. The van der Waals surface area contributed by atoms with Crippen LogP contribution in [-0.2, 0) is 0 Å². The number of aromatic amines is 2. The average Bonchev–Trinajstić information content (AvgIpc) is 3.39. The zero-order valence-corrected chi connectivity index (χ0v) is 16.9. The number of amides is 4. The molecule has 4 aromatic rings. The molecule has 4 heterocycles. The number of benzene rings is 2. The molecule has 6 rings (SSSR count). The topological polar surface area (TPSA) is 132 Å². The van der Waals surface area contributed by atoms with Gasteiger partial charge in [-0.15, -0.1) is 0 Å². The van der Waals surface area contributed by atoms with E-state index in [0.29, 0.717) is 22.2 Å². The monoisotopic (exact) mass is 426 g/mol. The second kappa shape index (κ2) is 5.97. The number of hydrogen-bond donors (Lipinski definition) is 2. The summed E-state index contributed by atoms with van der Waals surface area (Å²) in [5, 5.41) is 14.1. The number of hydrogen-bond acceptors (Lipinski definition) is 6. The van der Waals surface area contributed by atoms with Crippen molar-refractivity contribution in [3.8, 4) is 0 Å². The van der Waals surface area contributed by atoms with Crippen LogP contribution in [0.5, 0.6) is 0 Å². The molecule has 0 saturated heterocycles. The first-order chi connectivity index (χ1) is 15.4. The Labute approximate surface area is 179 Å². The Balaban J connectivity index is 1.59. The van der Waals surface area contributed by atoms with E-state index >= 15 is 0 Å². The maximum atomic E-state index is 13.3. The van der Waals surface area contributed by atoms with Gasteiger partial charge in [-0.1, -0.05) is 0 Å². The molecule has 2 N–H and O–H groups in total. The van der Waals surface area contributed by atoms with Crippen molar-refractivity contribution in [2.45, 2.75) is 13.8 Å². The van der Waals surface area contributed by atoms with Crippen molar-refractivity contribution in [1.29, 1.82) is 0 Å². The largest absolute Gasteiger partial charge is 0.281 e. The molecule has 0 saturated carbocycles. The van der Waals surface area contributed by atoms with E-state index in [2.05, 4.69) is 20.4 Å². The minimum absolute atomic E-state index is 0.184. The Bertz CT molecular complexity index is 1360. The number of aromatic nitrogens is 4. The molecule has 32 heavy (non-hydrogen) atoms. The highest BCUT2D eigenvalue weighted by molar-refractivity contribution is 6.41. The number of carbonyl (C=O) groups excluding carboxylic acids is 4. The van der Waals surface area contributed by atoms with Gasteiger partial charge in [-0.05, 0) is 38.1 Å². The number of carbonyl (C=O) groups is 4. The molecule has 10 heteroatoms. The van der Waals surface area contributed by atoms with Crippen LogP contribution < -0.4 is 9.80 Å². The van der Waals surface area contributed by atoms with E-state index in [1.54, 1.807) is 26.0 Å². The summed E-state index contributed by atoms with van der Waals surface area (Å²) in [5.74, 6) is -1.90. The van der Waals surface area contributed by atoms with Crippen LogP contribution in [0.4, 0.5) is 11.6 Å². The van der Waals surface area contributed by atoms with Gasteiger partial charge in [-0.3, -0.25) is 29.4 Å². The van der Waals surface area contributed by atoms with Crippen molar-refractivity contribution in [3.63, 3.8) is 0 Å². The summed E-state index contributed by atoms with van der Waals surface area (Å²) >= 11 is 0. The molecule has 2 aliphatic heterocycles. The van der Waals surface area contributed by atoms with Gasteiger partial charge in [0.1, 0.15) is 0 Å². The minimum atomic E-state index is -0.567. The Hall–Kier alpha value is -4.60. The molecule has 10 nitrogen and oxygen atoms in total.